The third-order valence-corrected chi connectivity index (χ3v) is 3.32. The number of hydrogen-bond donors (Lipinski definition) is 4. The average molecular weight is 285 g/mol. The molecule has 19 heavy (non-hydrogen) atoms. The normalized spacial score (nSPS) is 30.5. The van der Waals surface area contributed by atoms with Gasteiger partial charge in [0.2, 0.25) is 4.77 Å². The lowest BCUT2D eigenvalue weighted by molar-refractivity contribution is -0.0540. The molecule has 0 bridgehead atoms. The molecule has 1 fully saturated rings. The van der Waals surface area contributed by atoms with Gasteiger partial charge in [-0.3, -0.25) is 4.57 Å². The van der Waals surface area contributed by atoms with Crippen molar-refractivity contribution in [1.29, 1.82) is 0 Å². The average Bonchev–Trinajstić information content (AvgIpc) is 2.67. The number of hydrogen-bond acceptors (Lipinski definition) is 7. The summed E-state index contributed by atoms with van der Waals surface area (Å²) in [5.74, 6) is 0.225. The highest BCUT2D eigenvalue weighted by Crippen LogP contribution is 2.30. The van der Waals surface area contributed by atoms with Crippen molar-refractivity contribution >= 4 is 24.1 Å². The minimum absolute atomic E-state index is 0.109. The number of nitrogen functional groups attached to an aromatic ring is 1. The number of nitrogens with two attached hydrogens (primary N) is 1. The van der Waals surface area contributed by atoms with E-state index < -0.39 is 31.1 Å². The summed E-state index contributed by atoms with van der Waals surface area (Å²) in [6.07, 6.45) is -1.17. The van der Waals surface area contributed by atoms with Crippen LogP contribution in [-0.4, -0.2) is 49.8 Å². The second-order valence-electron chi connectivity index (χ2n) is 4.20. The van der Waals surface area contributed by atoms with Gasteiger partial charge in [-0.05, 0) is 12.2 Å². The Balaban J connectivity index is 2.43. The van der Waals surface area contributed by atoms with Crippen molar-refractivity contribution in [2.75, 3.05) is 12.3 Å². The van der Waals surface area contributed by atoms with Crippen LogP contribution in [0.15, 0.2) is 12.8 Å². The first-order valence-electron chi connectivity index (χ1n) is 5.63. The largest absolute Gasteiger partial charge is 0.394 e. The summed E-state index contributed by atoms with van der Waals surface area (Å²) < 4.78 is 6.86. The van der Waals surface area contributed by atoms with E-state index in [-0.39, 0.29) is 10.6 Å². The Labute approximate surface area is 114 Å². The molecule has 1 saturated heterocycles. The standard InChI is InChI=1S/C11H15N3O4S/c1-2-5-3-14(11(19)13-9(5)12)10-8(17)7(16)6(4-15)18-10/h2-3,6-8,10,15-17H,1,4H2,(H2,12,13,19)/t6-,7-,8-,10-/m1/s1. The molecule has 1 aromatic heterocycles. The summed E-state index contributed by atoms with van der Waals surface area (Å²) >= 11 is 5.05. The van der Waals surface area contributed by atoms with E-state index in [1.807, 2.05) is 0 Å². The van der Waals surface area contributed by atoms with Crippen molar-refractivity contribution < 1.29 is 20.1 Å². The van der Waals surface area contributed by atoms with E-state index in [4.69, 9.17) is 27.8 Å². The lowest BCUT2D eigenvalue weighted by Gasteiger charge is -2.19. The Morgan fingerprint density at radius 1 is 1.53 bits per heavy atom. The number of aliphatic hydroxyl groups is 3. The fourth-order valence-electron chi connectivity index (χ4n) is 1.95. The highest BCUT2D eigenvalue weighted by molar-refractivity contribution is 7.71. The van der Waals surface area contributed by atoms with Crippen LogP contribution >= 0.6 is 12.2 Å². The molecule has 1 aliphatic rings. The van der Waals surface area contributed by atoms with Gasteiger partial charge in [-0.2, -0.15) is 0 Å². The summed E-state index contributed by atoms with van der Waals surface area (Å²) in [6.45, 7) is 3.19. The summed E-state index contributed by atoms with van der Waals surface area (Å²) in [5.41, 5.74) is 6.19. The van der Waals surface area contributed by atoms with Crippen LogP contribution in [0.1, 0.15) is 11.8 Å². The second kappa shape index (κ2) is 5.35. The number of nitrogens with zero attached hydrogens (tertiary/aromatic N) is 2. The van der Waals surface area contributed by atoms with Crippen molar-refractivity contribution in [2.45, 2.75) is 24.5 Å². The van der Waals surface area contributed by atoms with Crippen LogP contribution in [0, 0.1) is 4.77 Å². The molecule has 1 aromatic rings. The van der Waals surface area contributed by atoms with Gasteiger partial charge in [0.25, 0.3) is 0 Å². The van der Waals surface area contributed by atoms with E-state index in [1.54, 1.807) is 0 Å². The molecule has 1 aliphatic heterocycles. The molecular formula is C11H15N3O4S. The number of rotatable bonds is 3. The van der Waals surface area contributed by atoms with Crippen LogP contribution in [0.2, 0.25) is 0 Å². The van der Waals surface area contributed by atoms with Gasteiger partial charge in [0, 0.05) is 11.8 Å². The maximum Gasteiger partial charge on any atom is 0.203 e. The number of anilines is 1. The van der Waals surface area contributed by atoms with Gasteiger partial charge < -0.3 is 25.8 Å². The molecule has 0 amide bonds. The molecule has 0 spiro atoms. The minimum Gasteiger partial charge on any atom is -0.394 e. The van der Waals surface area contributed by atoms with Gasteiger partial charge in [-0.15, -0.1) is 0 Å². The quantitative estimate of drug-likeness (QED) is 0.551. The van der Waals surface area contributed by atoms with E-state index >= 15 is 0 Å². The predicted octanol–water partition coefficient (Wildman–Crippen LogP) is -0.551. The molecule has 4 atom stereocenters. The van der Waals surface area contributed by atoms with Gasteiger partial charge in [0.15, 0.2) is 6.23 Å². The van der Waals surface area contributed by atoms with Gasteiger partial charge in [-0.1, -0.05) is 12.7 Å². The zero-order valence-electron chi connectivity index (χ0n) is 10.0. The van der Waals surface area contributed by atoms with E-state index in [9.17, 15) is 10.2 Å². The van der Waals surface area contributed by atoms with Gasteiger partial charge in [0.1, 0.15) is 24.1 Å². The van der Waals surface area contributed by atoms with Gasteiger partial charge >= 0.3 is 0 Å². The van der Waals surface area contributed by atoms with Crippen molar-refractivity contribution in [2.24, 2.45) is 0 Å². The monoisotopic (exact) mass is 285 g/mol. The predicted molar refractivity (Wildman–Crippen MR) is 70.6 cm³/mol. The first kappa shape index (κ1) is 14.1. The number of aliphatic hydroxyl groups excluding tert-OH is 3. The van der Waals surface area contributed by atoms with Crippen molar-refractivity contribution in [3.8, 4) is 0 Å². The molecule has 0 unspecified atom stereocenters. The summed E-state index contributed by atoms with van der Waals surface area (Å²) in [7, 11) is 0. The van der Waals surface area contributed by atoms with Crippen molar-refractivity contribution in [3.63, 3.8) is 0 Å². The fraction of sp³-hybridized carbons (Fsp3) is 0.455. The Morgan fingerprint density at radius 3 is 2.74 bits per heavy atom. The zero-order valence-corrected chi connectivity index (χ0v) is 10.8. The first-order chi connectivity index (χ1) is 8.99. The molecule has 104 valence electrons. The lowest BCUT2D eigenvalue weighted by Crippen LogP contribution is -2.33. The molecule has 0 aromatic carbocycles. The highest BCUT2D eigenvalue weighted by atomic mass is 32.1. The molecule has 0 aliphatic carbocycles. The van der Waals surface area contributed by atoms with Gasteiger partial charge in [0.05, 0.1) is 6.61 Å². The Bertz CT molecular complexity index is 547. The molecule has 2 heterocycles. The topological polar surface area (TPSA) is 114 Å². The molecule has 2 rings (SSSR count). The SMILES string of the molecule is C=Cc1cn([C@@H]2O[C@H](CO)[C@@H](O)[C@H]2O)c(=S)nc1N. The Kier molecular flexibility index (Phi) is 3.97. The van der Waals surface area contributed by atoms with E-state index in [0.29, 0.717) is 5.56 Å². The van der Waals surface area contributed by atoms with Crippen LogP contribution in [0.4, 0.5) is 5.82 Å². The van der Waals surface area contributed by atoms with E-state index in [1.165, 1.54) is 16.8 Å². The van der Waals surface area contributed by atoms with Crippen LogP contribution in [0.5, 0.6) is 0 Å². The van der Waals surface area contributed by atoms with Gasteiger partial charge in [-0.25, -0.2) is 4.98 Å². The van der Waals surface area contributed by atoms with E-state index in [2.05, 4.69) is 11.6 Å². The molecule has 5 N–H and O–H groups in total. The summed E-state index contributed by atoms with van der Waals surface area (Å²) in [4.78, 5) is 3.95. The summed E-state index contributed by atoms with van der Waals surface area (Å²) in [6, 6.07) is 0. The molecule has 0 radical (unpaired) electrons. The van der Waals surface area contributed by atoms with E-state index in [0.717, 1.165) is 0 Å². The second-order valence-corrected chi connectivity index (χ2v) is 4.57. The number of ether oxygens (including phenoxy) is 1. The minimum atomic E-state index is -1.22. The Hall–Kier alpha value is -1.32. The van der Waals surface area contributed by atoms with Crippen LogP contribution in [0.25, 0.3) is 6.08 Å². The number of aromatic nitrogens is 2. The van der Waals surface area contributed by atoms with Crippen LogP contribution in [0.3, 0.4) is 0 Å². The maximum absolute atomic E-state index is 9.93. The smallest absolute Gasteiger partial charge is 0.203 e. The molecule has 7 nitrogen and oxygen atoms in total. The highest BCUT2D eigenvalue weighted by Gasteiger charge is 2.43. The molecule has 8 heteroatoms. The van der Waals surface area contributed by atoms with Crippen molar-refractivity contribution in [3.05, 3.63) is 23.1 Å². The third kappa shape index (κ3) is 2.40. The lowest BCUT2D eigenvalue weighted by atomic mass is 10.1. The van der Waals surface area contributed by atoms with Crippen molar-refractivity contribution in [1.82, 2.24) is 9.55 Å². The maximum atomic E-state index is 9.93. The molecular weight excluding hydrogens is 270 g/mol. The molecule has 0 saturated carbocycles. The van der Waals surface area contributed by atoms with Crippen LogP contribution in [-0.2, 0) is 4.74 Å². The summed E-state index contributed by atoms with van der Waals surface area (Å²) in [5, 5.41) is 28.7. The fourth-order valence-corrected chi connectivity index (χ4v) is 2.20. The van der Waals surface area contributed by atoms with Crippen LogP contribution < -0.4 is 5.73 Å². The Morgan fingerprint density at radius 2 is 2.21 bits per heavy atom. The first-order valence-corrected chi connectivity index (χ1v) is 6.04. The zero-order chi connectivity index (χ0) is 14.2. The third-order valence-electron chi connectivity index (χ3n) is 3.02.